The van der Waals surface area contributed by atoms with Crippen LogP contribution in [0.2, 0.25) is 0 Å². The number of anilines is 1. The van der Waals surface area contributed by atoms with Crippen molar-refractivity contribution in [3.63, 3.8) is 0 Å². The third-order valence-corrected chi connectivity index (χ3v) is 7.38. The van der Waals surface area contributed by atoms with Gasteiger partial charge in [0.2, 0.25) is 5.89 Å². The number of nitrogens with two attached hydrogens (primary N) is 1. The van der Waals surface area contributed by atoms with Crippen LogP contribution in [0, 0.1) is 5.92 Å². The molecular weight excluding hydrogens is 469 g/mol. The van der Waals surface area contributed by atoms with Crippen molar-refractivity contribution >= 4 is 23.4 Å². The standard InChI is InChI=1S/C25H33FN2O3S.CH5NO/c1-25(2,3)24-27-21(19-10-7-17(26)15-20(19)23(29)30-4)22(31-24)16-5-8-18(9-6-16)28-11-13-32-14-12-28;2-1-3/h5-6,8-9,17,19-20H,7,10-15H2,1-4H3;3H,1-2H2/t17-,19+,20+;/m0./s1. The summed E-state index contributed by atoms with van der Waals surface area (Å²) in [4.78, 5) is 19.8. The van der Waals surface area contributed by atoms with Crippen LogP contribution < -0.4 is 10.6 Å². The first-order valence-electron chi connectivity index (χ1n) is 12.2. The molecule has 1 aliphatic carbocycles. The van der Waals surface area contributed by atoms with E-state index in [2.05, 4.69) is 55.7 Å². The summed E-state index contributed by atoms with van der Waals surface area (Å²) in [6.45, 7) is 8.03. The van der Waals surface area contributed by atoms with Crippen LogP contribution in [0.25, 0.3) is 11.3 Å². The van der Waals surface area contributed by atoms with Gasteiger partial charge < -0.3 is 24.9 Å². The van der Waals surface area contributed by atoms with Crippen LogP contribution >= 0.6 is 11.8 Å². The molecule has 1 aromatic heterocycles. The Balaban J connectivity index is 0.00000108. The van der Waals surface area contributed by atoms with Crippen LogP contribution in [0.15, 0.2) is 28.7 Å². The summed E-state index contributed by atoms with van der Waals surface area (Å²) in [5.74, 6) is 2.47. The van der Waals surface area contributed by atoms with Gasteiger partial charge in [-0.3, -0.25) is 4.79 Å². The molecule has 0 unspecified atom stereocenters. The van der Waals surface area contributed by atoms with E-state index in [1.54, 1.807) is 0 Å². The second kappa shape index (κ2) is 12.2. The highest BCUT2D eigenvalue weighted by Gasteiger charge is 2.41. The minimum Gasteiger partial charge on any atom is -0.469 e. The minimum absolute atomic E-state index is 0.167. The smallest absolute Gasteiger partial charge is 0.309 e. The summed E-state index contributed by atoms with van der Waals surface area (Å²) >= 11 is 1.99. The Labute approximate surface area is 211 Å². The van der Waals surface area contributed by atoms with Crippen molar-refractivity contribution in [2.45, 2.75) is 57.5 Å². The predicted molar refractivity (Wildman–Crippen MR) is 138 cm³/mol. The topological polar surface area (TPSA) is 102 Å². The van der Waals surface area contributed by atoms with Crippen LogP contribution in [-0.2, 0) is 14.9 Å². The molecule has 3 atom stereocenters. The number of aromatic nitrogens is 1. The van der Waals surface area contributed by atoms with E-state index in [9.17, 15) is 9.18 Å². The average molecular weight is 508 g/mol. The summed E-state index contributed by atoms with van der Waals surface area (Å²) in [5.41, 5.74) is 7.01. The van der Waals surface area contributed by atoms with Gasteiger partial charge in [0.15, 0.2) is 5.76 Å². The number of hydrogen-bond donors (Lipinski definition) is 2. The van der Waals surface area contributed by atoms with Crippen LogP contribution in [0.3, 0.4) is 0 Å². The number of oxazole rings is 1. The Morgan fingerprint density at radius 2 is 1.89 bits per heavy atom. The summed E-state index contributed by atoms with van der Waals surface area (Å²) in [7, 11) is 1.36. The van der Waals surface area contributed by atoms with E-state index >= 15 is 0 Å². The van der Waals surface area contributed by atoms with Crippen molar-refractivity contribution in [3.05, 3.63) is 35.9 Å². The van der Waals surface area contributed by atoms with E-state index in [4.69, 9.17) is 19.2 Å². The lowest BCUT2D eigenvalue weighted by atomic mass is 9.76. The maximum Gasteiger partial charge on any atom is 0.309 e. The second-order valence-corrected chi connectivity index (χ2v) is 11.2. The summed E-state index contributed by atoms with van der Waals surface area (Å²) in [5, 5.41) is 7.35. The molecule has 1 aromatic carbocycles. The number of rotatable bonds is 4. The van der Waals surface area contributed by atoms with Gasteiger partial charge in [0.25, 0.3) is 0 Å². The first kappa shape index (κ1) is 27.5. The summed E-state index contributed by atoms with van der Waals surface area (Å²) in [6.07, 6.45) is 0.143. The lowest BCUT2D eigenvalue weighted by molar-refractivity contribution is -0.148. The molecule has 0 amide bonds. The molecule has 1 saturated carbocycles. The molecule has 3 N–H and O–H groups in total. The van der Waals surface area contributed by atoms with Gasteiger partial charge in [0.1, 0.15) is 6.17 Å². The number of carbonyl (C=O) groups is 1. The Kier molecular flexibility index (Phi) is 9.61. The van der Waals surface area contributed by atoms with Gasteiger partial charge in [-0.2, -0.15) is 11.8 Å². The fraction of sp³-hybridized carbons (Fsp3) is 0.615. The number of benzene rings is 1. The SMILES string of the molecule is COC(=O)[C@@H]1C[C@@H](F)CC[C@H]1c1nc(C(C)(C)C)oc1-c1ccc(N2CCSCC2)cc1.NCO. The normalized spacial score (nSPS) is 22.8. The number of nitrogens with zero attached hydrogens (tertiary/aromatic N) is 2. The Hall–Kier alpha value is -2.10. The zero-order chi connectivity index (χ0) is 25.6. The highest BCUT2D eigenvalue weighted by Crippen LogP contribution is 2.44. The number of methoxy groups -OCH3 is 1. The van der Waals surface area contributed by atoms with Crippen LogP contribution in [0.5, 0.6) is 0 Å². The van der Waals surface area contributed by atoms with Gasteiger partial charge >= 0.3 is 5.97 Å². The molecule has 0 radical (unpaired) electrons. The molecule has 1 saturated heterocycles. The van der Waals surface area contributed by atoms with Gasteiger partial charge in [-0.05, 0) is 43.5 Å². The van der Waals surface area contributed by atoms with Gasteiger partial charge in [-0.15, -0.1) is 0 Å². The molecule has 2 fully saturated rings. The third-order valence-electron chi connectivity index (χ3n) is 6.44. The lowest BCUT2D eigenvalue weighted by Crippen LogP contribution is -2.32. The first-order valence-corrected chi connectivity index (χ1v) is 13.3. The van der Waals surface area contributed by atoms with Gasteiger partial charge in [-0.25, -0.2) is 9.37 Å². The molecule has 2 heterocycles. The zero-order valence-corrected chi connectivity index (χ0v) is 21.9. The number of esters is 1. The Morgan fingerprint density at radius 1 is 1.26 bits per heavy atom. The van der Waals surface area contributed by atoms with E-state index in [1.807, 2.05) is 11.8 Å². The zero-order valence-electron chi connectivity index (χ0n) is 21.1. The Morgan fingerprint density at radius 3 is 2.46 bits per heavy atom. The quantitative estimate of drug-likeness (QED) is 0.461. The highest BCUT2D eigenvalue weighted by atomic mass is 32.2. The first-order chi connectivity index (χ1) is 16.7. The molecule has 1 aliphatic heterocycles. The van der Waals surface area contributed by atoms with Crippen molar-refractivity contribution in [2.75, 3.05) is 43.3 Å². The summed E-state index contributed by atoms with van der Waals surface area (Å²) in [6, 6.07) is 8.40. The van der Waals surface area contributed by atoms with Crippen LogP contribution in [0.1, 0.15) is 57.5 Å². The lowest BCUT2D eigenvalue weighted by Gasteiger charge is -2.30. The molecule has 0 spiro atoms. The number of halogens is 1. The number of alkyl halides is 1. The average Bonchev–Trinajstić information content (AvgIpc) is 3.31. The molecule has 2 aliphatic rings. The number of aliphatic hydroxyl groups excluding tert-OH is 1. The third kappa shape index (κ3) is 6.77. The van der Waals surface area contributed by atoms with Crippen molar-refractivity contribution in [2.24, 2.45) is 11.7 Å². The number of thioether (sulfide) groups is 1. The molecular formula is C26H38FN3O4S. The van der Waals surface area contributed by atoms with E-state index in [0.717, 1.165) is 35.9 Å². The van der Waals surface area contributed by atoms with Crippen molar-refractivity contribution in [1.82, 2.24) is 4.98 Å². The van der Waals surface area contributed by atoms with Gasteiger partial charge in [0.05, 0.1) is 25.5 Å². The fourth-order valence-corrected chi connectivity index (χ4v) is 5.52. The van der Waals surface area contributed by atoms with Crippen LogP contribution in [0.4, 0.5) is 10.1 Å². The minimum atomic E-state index is -0.991. The summed E-state index contributed by atoms with van der Waals surface area (Å²) < 4.78 is 25.5. The molecule has 35 heavy (non-hydrogen) atoms. The number of carbonyl (C=O) groups excluding carboxylic acids is 1. The molecule has 0 bridgehead atoms. The molecule has 9 heteroatoms. The monoisotopic (exact) mass is 507 g/mol. The molecule has 194 valence electrons. The highest BCUT2D eigenvalue weighted by molar-refractivity contribution is 7.99. The fourth-order valence-electron chi connectivity index (χ4n) is 4.61. The van der Waals surface area contributed by atoms with Crippen molar-refractivity contribution in [1.29, 1.82) is 0 Å². The second-order valence-electron chi connectivity index (χ2n) is 9.96. The van der Waals surface area contributed by atoms with Crippen LogP contribution in [-0.4, -0.2) is 60.7 Å². The number of hydrogen-bond acceptors (Lipinski definition) is 8. The number of aliphatic hydroxyl groups is 1. The maximum atomic E-state index is 14.2. The predicted octanol–water partition coefficient (Wildman–Crippen LogP) is 4.48. The number of ether oxygens (including phenoxy) is 1. The van der Waals surface area contributed by atoms with E-state index in [-0.39, 0.29) is 30.5 Å². The van der Waals surface area contributed by atoms with Gasteiger partial charge in [0, 0.05) is 47.2 Å². The maximum absolute atomic E-state index is 14.2. The van der Waals surface area contributed by atoms with E-state index in [1.165, 1.54) is 12.8 Å². The van der Waals surface area contributed by atoms with E-state index in [0.29, 0.717) is 24.5 Å². The van der Waals surface area contributed by atoms with Gasteiger partial charge in [-0.1, -0.05) is 20.8 Å². The van der Waals surface area contributed by atoms with E-state index < -0.39 is 12.1 Å². The van der Waals surface area contributed by atoms with Crippen molar-refractivity contribution < 1.29 is 23.4 Å². The Bertz CT molecular complexity index is 954. The molecule has 4 rings (SSSR count). The molecule has 2 aromatic rings. The van der Waals surface area contributed by atoms with Crippen molar-refractivity contribution in [3.8, 4) is 11.3 Å². The largest absolute Gasteiger partial charge is 0.469 e. The molecule has 7 nitrogen and oxygen atoms in total.